The molecule has 4 aromatic carbocycles. The summed E-state index contributed by atoms with van der Waals surface area (Å²) in [7, 11) is 1.64. The summed E-state index contributed by atoms with van der Waals surface area (Å²) in [6.07, 6.45) is 1.25. The molecule has 190 valence electrons. The second kappa shape index (κ2) is 10.5. The highest BCUT2D eigenvalue weighted by Gasteiger charge is 2.36. The highest BCUT2D eigenvalue weighted by Crippen LogP contribution is 2.45. The van der Waals surface area contributed by atoms with Crippen LogP contribution in [0.2, 0.25) is 0 Å². The van der Waals surface area contributed by atoms with Crippen LogP contribution in [-0.2, 0) is 11.4 Å². The third kappa shape index (κ3) is 4.75. The molecule has 0 amide bonds. The Labute approximate surface area is 223 Å². The predicted octanol–water partition coefficient (Wildman–Crippen LogP) is 7.25. The van der Waals surface area contributed by atoms with Gasteiger partial charge in [0, 0.05) is 17.7 Å². The molecule has 0 bridgehead atoms. The zero-order valence-electron chi connectivity index (χ0n) is 21.3. The number of methoxy groups -OCH3 is 1. The minimum absolute atomic E-state index is 0.140. The molecule has 2 atom stereocenters. The monoisotopic (exact) mass is 502 g/mol. The minimum Gasteiger partial charge on any atom is -0.493 e. The molecule has 0 saturated heterocycles. The maximum absolute atomic E-state index is 13.8. The van der Waals surface area contributed by atoms with Crippen molar-refractivity contribution in [2.24, 2.45) is 0 Å². The third-order valence-corrected chi connectivity index (χ3v) is 7.34. The van der Waals surface area contributed by atoms with Gasteiger partial charge in [-0.25, -0.2) is 0 Å². The smallest absolute Gasteiger partial charge is 0.163 e. The molecule has 5 nitrogen and oxygen atoms in total. The lowest BCUT2D eigenvalue weighted by Gasteiger charge is -2.30. The second-order valence-electron chi connectivity index (χ2n) is 9.76. The molecule has 0 saturated carbocycles. The number of rotatable bonds is 6. The average molecular weight is 503 g/mol. The number of carbonyl (C=O) groups excluding carboxylic acids is 1. The number of hydrogen-bond acceptors (Lipinski definition) is 5. The summed E-state index contributed by atoms with van der Waals surface area (Å²) in [4.78, 5) is 13.8. The third-order valence-electron chi connectivity index (χ3n) is 7.34. The number of carbonyl (C=O) groups is 1. The number of anilines is 2. The zero-order chi connectivity index (χ0) is 25.9. The Balaban J connectivity index is 1.39. The largest absolute Gasteiger partial charge is 0.493 e. The van der Waals surface area contributed by atoms with Crippen molar-refractivity contribution in [3.63, 3.8) is 0 Å². The van der Waals surface area contributed by atoms with E-state index in [2.05, 4.69) is 22.8 Å². The second-order valence-corrected chi connectivity index (χ2v) is 9.76. The Hall–Kier alpha value is -4.51. The molecule has 0 fully saturated rings. The molecule has 2 aliphatic rings. The lowest BCUT2D eigenvalue weighted by molar-refractivity contribution is -0.116. The molecule has 2 N–H and O–H groups in total. The number of ketones is 1. The van der Waals surface area contributed by atoms with E-state index >= 15 is 0 Å². The molecular formula is C33H30N2O3. The van der Waals surface area contributed by atoms with Gasteiger partial charge in [0.2, 0.25) is 0 Å². The number of para-hydroxylation sites is 2. The van der Waals surface area contributed by atoms with Gasteiger partial charge in [0.25, 0.3) is 0 Å². The maximum Gasteiger partial charge on any atom is 0.163 e. The summed E-state index contributed by atoms with van der Waals surface area (Å²) in [5, 5.41) is 7.28. The van der Waals surface area contributed by atoms with E-state index < -0.39 is 0 Å². The van der Waals surface area contributed by atoms with Crippen molar-refractivity contribution in [2.45, 2.75) is 31.4 Å². The Morgan fingerprint density at radius 1 is 0.763 bits per heavy atom. The number of benzene rings is 4. The van der Waals surface area contributed by atoms with E-state index in [1.165, 1.54) is 5.56 Å². The molecule has 0 aromatic heterocycles. The SMILES string of the molecule is COc1ccc(C2Nc3ccccc3NC3=C2C(=O)CC(c2ccccc2)C3)cc1OCc1ccccc1. The molecule has 6 rings (SSSR count). The van der Waals surface area contributed by atoms with E-state index in [4.69, 9.17) is 9.47 Å². The first-order chi connectivity index (χ1) is 18.7. The lowest BCUT2D eigenvalue weighted by atomic mass is 9.78. The van der Waals surface area contributed by atoms with Gasteiger partial charge in [-0.05, 0) is 53.3 Å². The minimum atomic E-state index is -0.324. The van der Waals surface area contributed by atoms with Crippen molar-refractivity contribution in [1.29, 1.82) is 0 Å². The van der Waals surface area contributed by atoms with Crippen molar-refractivity contribution in [3.05, 3.63) is 131 Å². The van der Waals surface area contributed by atoms with Crippen molar-refractivity contribution in [2.75, 3.05) is 17.7 Å². The van der Waals surface area contributed by atoms with Crippen LogP contribution in [0.3, 0.4) is 0 Å². The molecule has 1 aliphatic heterocycles. The van der Waals surface area contributed by atoms with Crippen LogP contribution in [0, 0.1) is 0 Å². The van der Waals surface area contributed by atoms with Crippen molar-refractivity contribution >= 4 is 17.2 Å². The molecule has 1 aliphatic carbocycles. The van der Waals surface area contributed by atoms with E-state index in [1.54, 1.807) is 7.11 Å². The molecule has 2 unspecified atom stereocenters. The van der Waals surface area contributed by atoms with Gasteiger partial charge in [0.05, 0.1) is 24.5 Å². The predicted molar refractivity (Wildman–Crippen MR) is 151 cm³/mol. The van der Waals surface area contributed by atoms with Crippen LogP contribution in [0.15, 0.2) is 114 Å². The van der Waals surface area contributed by atoms with Crippen LogP contribution in [0.5, 0.6) is 11.5 Å². The molecular weight excluding hydrogens is 472 g/mol. The molecule has 0 radical (unpaired) electrons. The van der Waals surface area contributed by atoms with Gasteiger partial charge >= 0.3 is 0 Å². The van der Waals surface area contributed by atoms with Crippen LogP contribution in [-0.4, -0.2) is 12.9 Å². The van der Waals surface area contributed by atoms with Crippen molar-refractivity contribution < 1.29 is 14.3 Å². The fraction of sp³-hybridized carbons (Fsp3) is 0.182. The van der Waals surface area contributed by atoms with Gasteiger partial charge in [-0.15, -0.1) is 0 Å². The van der Waals surface area contributed by atoms with E-state index in [0.29, 0.717) is 24.5 Å². The van der Waals surface area contributed by atoms with Crippen molar-refractivity contribution in [3.8, 4) is 11.5 Å². The summed E-state index contributed by atoms with van der Waals surface area (Å²) in [6, 6.07) is 34.1. The summed E-state index contributed by atoms with van der Waals surface area (Å²) in [6.45, 7) is 0.425. The summed E-state index contributed by atoms with van der Waals surface area (Å²) >= 11 is 0. The molecule has 1 heterocycles. The maximum atomic E-state index is 13.8. The standard InChI is InChI=1S/C33H30N2O3/c1-37-30-17-16-24(20-31(30)38-21-22-10-4-2-5-11-22)33-32-28(34-26-14-8-9-15-27(26)35-33)18-25(19-29(32)36)23-12-6-3-7-13-23/h2-17,20,25,33-35H,18-19,21H2,1H3. The van der Waals surface area contributed by atoms with Gasteiger partial charge < -0.3 is 20.1 Å². The summed E-state index contributed by atoms with van der Waals surface area (Å²) < 4.78 is 11.8. The van der Waals surface area contributed by atoms with E-state index in [0.717, 1.165) is 40.2 Å². The normalized spacial score (nSPS) is 18.4. The van der Waals surface area contributed by atoms with Gasteiger partial charge in [0.15, 0.2) is 17.3 Å². The summed E-state index contributed by atoms with van der Waals surface area (Å²) in [5.74, 6) is 1.60. The fourth-order valence-electron chi connectivity index (χ4n) is 5.42. The quantitative estimate of drug-likeness (QED) is 0.291. The fourth-order valence-corrected chi connectivity index (χ4v) is 5.42. The van der Waals surface area contributed by atoms with Crippen molar-refractivity contribution in [1.82, 2.24) is 0 Å². The zero-order valence-corrected chi connectivity index (χ0v) is 21.3. The van der Waals surface area contributed by atoms with Crippen LogP contribution in [0.25, 0.3) is 0 Å². The highest BCUT2D eigenvalue weighted by molar-refractivity contribution is 6.01. The summed E-state index contributed by atoms with van der Waals surface area (Å²) in [5.41, 5.74) is 6.90. The first-order valence-electron chi connectivity index (χ1n) is 13.0. The topological polar surface area (TPSA) is 59.6 Å². The number of allylic oxidation sites excluding steroid dienone is 1. The Morgan fingerprint density at radius 2 is 1.47 bits per heavy atom. The first kappa shape index (κ1) is 23.9. The van der Waals surface area contributed by atoms with Gasteiger partial charge in [-0.1, -0.05) is 78.9 Å². The number of Topliss-reactive ketones (excluding diaryl/α,β-unsaturated/α-hetero) is 1. The van der Waals surface area contributed by atoms with E-state index in [1.807, 2.05) is 91.0 Å². The van der Waals surface area contributed by atoms with Crippen LogP contribution in [0.1, 0.15) is 41.5 Å². The number of ether oxygens (including phenoxy) is 2. The Morgan fingerprint density at radius 3 is 2.24 bits per heavy atom. The molecule has 5 heteroatoms. The number of fused-ring (bicyclic) bond motifs is 1. The molecule has 38 heavy (non-hydrogen) atoms. The van der Waals surface area contributed by atoms with Gasteiger partial charge in [0.1, 0.15) is 6.61 Å². The van der Waals surface area contributed by atoms with Gasteiger partial charge in [-0.3, -0.25) is 4.79 Å². The van der Waals surface area contributed by atoms with E-state index in [9.17, 15) is 4.79 Å². The van der Waals surface area contributed by atoms with Crippen LogP contribution >= 0.6 is 0 Å². The van der Waals surface area contributed by atoms with Crippen LogP contribution in [0.4, 0.5) is 11.4 Å². The number of hydrogen-bond donors (Lipinski definition) is 2. The molecule has 4 aromatic rings. The first-order valence-corrected chi connectivity index (χ1v) is 13.0. The average Bonchev–Trinajstić information content (AvgIpc) is 3.14. The Kier molecular flexibility index (Phi) is 6.57. The highest BCUT2D eigenvalue weighted by atomic mass is 16.5. The van der Waals surface area contributed by atoms with Crippen LogP contribution < -0.4 is 20.1 Å². The molecule has 0 spiro atoms. The van der Waals surface area contributed by atoms with E-state index in [-0.39, 0.29) is 17.7 Å². The lowest BCUT2D eigenvalue weighted by Crippen LogP contribution is -2.26. The number of nitrogens with one attached hydrogen (secondary N) is 2. The Bertz CT molecular complexity index is 1480. The van der Waals surface area contributed by atoms with Gasteiger partial charge in [-0.2, -0.15) is 0 Å².